The smallest absolute Gasteiger partial charge is 0.139 e. The van der Waals surface area contributed by atoms with Gasteiger partial charge in [-0.15, -0.1) is 11.3 Å². The van der Waals surface area contributed by atoms with Gasteiger partial charge in [0.05, 0.1) is 11.6 Å². The van der Waals surface area contributed by atoms with Crippen molar-refractivity contribution in [1.29, 1.82) is 0 Å². The Balaban J connectivity index is 2.40. The van der Waals surface area contributed by atoms with Crippen molar-refractivity contribution < 1.29 is 0 Å². The highest BCUT2D eigenvalue weighted by atomic mass is 32.1. The molecule has 0 aliphatic carbocycles. The molecule has 19 heavy (non-hydrogen) atoms. The topological polar surface area (TPSA) is 42.1 Å². The van der Waals surface area contributed by atoms with Crippen molar-refractivity contribution in [2.45, 2.75) is 19.9 Å². The van der Waals surface area contributed by atoms with Gasteiger partial charge in [-0.3, -0.25) is 0 Å². The van der Waals surface area contributed by atoms with Crippen LogP contribution in [-0.4, -0.2) is 17.0 Å². The second kappa shape index (κ2) is 5.67. The Morgan fingerprint density at radius 2 is 2.16 bits per heavy atom. The van der Waals surface area contributed by atoms with E-state index < -0.39 is 0 Å². The number of thiophene rings is 1. The molecule has 0 radical (unpaired) electrons. The van der Waals surface area contributed by atoms with Crippen molar-refractivity contribution in [3.63, 3.8) is 0 Å². The first-order valence-electron chi connectivity index (χ1n) is 6.04. The van der Waals surface area contributed by atoms with Gasteiger partial charge in [-0.2, -0.15) is 0 Å². The van der Waals surface area contributed by atoms with Gasteiger partial charge in [0, 0.05) is 17.6 Å². The lowest BCUT2D eigenvalue weighted by Gasteiger charge is -2.27. The first kappa shape index (κ1) is 14.0. The van der Waals surface area contributed by atoms with Gasteiger partial charge in [0.25, 0.3) is 0 Å². The SMILES string of the molecule is Cc1ccc(C(N)=S)c(N(C)C(C)c2cccs2)n1. The second-order valence-corrected chi connectivity index (χ2v) is 5.91. The van der Waals surface area contributed by atoms with E-state index in [1.165, 1.54) is 4.88 Å². The summed E-state index contributed by atoms with van der Waals surface area (Å²) in [5, 5.41) is 2.08. The highest BCUT2D eigenvalue weighted by Gasteiger charge is 2.18. The monoisotopic (exact) mass is 291 g/mol. The number of aromatic nitrogens is 1. The van der Waals surface area contributed by atoms with E-state index in [1.54, 1.807) is 11.3 Å². The molecule has 0 fully saturated rings. The molecule has 2 aromatic rings. The van der Waals surface area contributed by atoms with E-state index in [0.29, 0.717) is 4.99 Å². The van der Waals surface area contributed by atoms with Gasteiger partial charge in [0.15, 0.2) is 0 Å². The molecule has 0 amide bonds. The zero-order valence-corrected chi connectivity index (χ0v) is 12.9. The van der Waals surface area contributed by atoms with Crippen molar-refractivity contribution in [3.05, 3.63) is 45.8 Å². The summed E-state index contributed by atoms with van der Waals surface area (Å²) in [6, 6.07) is 8.30. The molecule has 0 saturated heterocycles. The Labute approximate surface area is 123 Å². The maximum Gasteiger partial charge on any atom is 0.139 e. The fourth-order valence-corrected chi connectivity index (χ4v) is 2.89. The van der Waals surface area contributed by atoms with E-state index in [1.807, 2.05) is 26.1 Å². The lowest BCUT2D eigenvalue weighted by molar-refractivity contribution is 0.740. The van der Waals surface area contributed by atoms with E-state index in [-0.39, 0.29) is 6.04 Å². The summed E-state index contributed by atoms with van der Waals surface area (Å²) in [5.74, 6) is 0.841. The van der Waals surface area contributed by atoms with E-state index in [0.717, 1.165) is 17.1 Å². The van der Waals surface area contributed by atoms with Crippen LogP contribution in [-0.2, 0) is 0 Å². The summed E-state index contributed by atoms with van der Waals surface area (Å²) >= 11 is 6.85. The molecule has 2 N–H and O–H groups in total. The first-order valence-corrected chi connectivity index (χ1v) is 7.33. The van der Waals surface area contributed by atoms with E-state index in [2.05, 4.69) is 34.3 Å². The van der Waals surface area contributed by atoms with Crippen molar-refractivity contribution in [3.8, 4) is 0 Å². The number of hydrogen-bond donors (Lipinski definition) is 1. The van der Waals surface area contributed by atoms with Gasteiger partial charge in [-0.05, 0) is 37.4 Å². The van der Waals surface area contributed by atoms with Crippen LogP contribution in [0.1, 0.15) is 29.1 Å². The Morgan fingerprint density at radius 3 is 2.74 bits per heavy atom. The zero-order valence-electron chi connectivity index (χ0n) is 11.3. The molecule has 2 aromatic heterocycles. The standard InChI is InChI=1S/C14H17N3S2/c1-9-6-7-11(13(15)18)14(16-9)17(3)10(2)12-5-4-8-19-12/h4-8,10H,1-3H3,(H2,15,18). The Bertz CT molecular complexity index is 578. The molecule has 0 bridgehead atoms. The van der Waals surface area contributed by atoms with Crippen LogP contribution in [0.5, 0.6) is 0 Å². The summed E-state index contributed by atoms with van der Waals surface area (Å²) in [6.07, 6.45) is 0. The van der Waals surface area contributed by atoms with Crippen LogP contribution in [0.4, 0.5) is 5.82 Å². The minimum atomic E-state index is 0.238. The number of hydrogen-bond acceptors (Lipinski definition) is 4. The molecule has 0 saturated carbocycles. The van der Waals surface area contributed by atoms with Crippen LogP contribution in [0, 0.1) is 6.92 Å². The van der Waals surface area contributed by atoms with Crippen LogP contribution < -0.4 is 10.6 Å². The minimum absolute atomic E-state index is 0.238. The maximum absolute atomic E-state index is 5.79. The van der Waals surface area contributed by atoms with Crippen LogP contribution in [0.25, 0.3) is 0 Å². The molecule has 0 spiro atoms. The second-order valence-electron chi connectivity index (χ2n) is 4.49. The van der Waals surface area contributed by atoms with Crippen molar-refractivity contribution in [2.75, 3.05) is 11.9 Å². The highest BCUT2D eigenvalue weighted by Crippen LogP contribution is 2.29. The Hall–Kier alpha value is -1.46. The molecular weight excluding hydrogens is 274 g/mol. The van der Waals surface area contributed by atoms with Crippen LogP contribution in [0.3, 0.4) is 0 Å². The van der Waals surface area contributed by atoms with Crippen LogP contribution in [0.15, 0.2) is 29.6 Å². The fourth-order valence-electron chi connectivity index (χ4n) is 1.91. The number of thiocarbonyl (C=S) groups is 1. The molecule has 100 valence electrons. The predicted octanol–water partition coefficient (Wildman–Crippen LogP) is 3.28. The number of anilines is 1. The zero-order chi connectivity index (χ0) is 14.0. The van der Waals surface area contributed by atoms with Crippen molar-refractivity contribution in [2.24, 2.45) is 5.73 Å². The summed E-state index contributed by atoms with van der Waals surface area (Å²) < 4.78 is 0. The van der Waals surface area contributed by atoms with E-state index >= 15 is 0 Å². The van der Waals surface area contributed by atoms with Crippen molar-refractivity contribution >= 4 is 34.4 Å². The summed E-state index contributed by atoms with van der Waals surface area (Å²) in [4.78, 5) is 8.38. The maximum atomic E-state index is 5.79. The van der Waals surface area contributed by atoms with Crippen molar-refractivity contribution in [1.82, 2.24) is 4.98 Å². The third-order valence-corrected chi connectivity index (χ3v) is 4.41. The van der Waals surface area contributed by atoms with Gasteiger partial charge >= 0.3 is 0 Å². The molecule has 0 aromatic carbocycles. The number of aryl methyl sites for hydroxylation is 1. The first-order chi connectivity index (χ1) is 9.00. The Kier molecular flexibility index (Phi) is 4.17. The molecule has 1 unspecified atom stereocenters. The number of rotatable bonds is 4. The lowest BCUT2D eigenvalue weighted by atomic mass is 10.2. The molecule has 0 aliphatic heterocycles. The lowest BCUT2D eigenvalue weighted by Crippen LogP contribution is -2.26. The third kappa shape index (κ3) is 2.93. The van der Waals surface area contributed by atoms with E-state index in [4.69, 9.17) is 18.0 Å². The molecule has 5 heteroatoms. The number of pyridine rings is 1. The normalized spacial score (nSPS) is 12.2. The molecule has 2 rings (SSSR count). The Morgan fingerprint density at radius 1 is 1.42 bits per heavy atom. The quantitative estimate of drug-likeness (QED) is 0.878. The van der Waals surface area contributed by atoms with Gasteiger partial charge < -0.3 is 10.6 Å². The summed E-state index contributed by atoms with van der Waals surface area (Å²) in [7, 11) is 2.02. The van der Waals surface area contributed by atoms with Crippen LogP contribution >= 0.6 is 23.6 Å². The number of nitrogens with two attached hydrogens (primary N) is 1. The highest BCUT2D eigenvalue weighted by molar-refractivity contribution is 7.80. The molecule has 2 heterocycles. The average Bonchev–Trinajstić information content (AvgIpc) is 2.90. The van der Waals surface area contributed by atoms with Gasteiger partial charge in [0.2, 0.25) is 0 Å². The summed E-state index contributed by atoms with van der Waals surface area (Å²) in [5.41, 5.74) is 7.57. The summed E-state index contributed by atoms with van der Waals surface area (Å²) in [6.45, 7) is 4.12. The van der Waals surface area contributed by atoms with Gasteiger partial charge in [-0.25, -0.2) is 4.98 Å². The largest absolute Gasteiger partial charge is 0.389 e. The average molecular weight is 291 g/mol. The van der Waals surface area contributed by atoms with Crippen LogP contribution in [0.2, 0.25) is 0 Å². The molecular formula is C14H17N3S2. The number of nitrogens with zero attached hydrogens (tertiary/aromatic N) is 2. The fraction of sp³-hybridized carbons (Fsp3) is 0.286. The predicted molar refractivity (Wildman–Crippen MR) is 86.0 cm³/mol. The van der Waals surface area contributed by atoms with E-state index in [9.17, 15) is 0 Å². The van der Waals surface area contributed by atoms with Gasteiger partial charge in [0.1, 0.15) is 10.8 Å². The van der Waals surface area contributed by atoms with Gasteiger partial charge in [-0.1, -0.05) is 18.3 Å². The minimum Gasteiger partial charge on any atom is -0.389 e. The molecule has 1 atom stereocenters. The molecule has 0 aliphatic rings. The third-order valence-electron chi connectivity index (χ3n) is 3.15. The molecule has 3 nitrogen and oxygen atoms in total.